The van der Waals surface area contributed by atoms with Crippen LogP contribution in [0.3, 0.4) is 0 Å². The van der Waals surface area contributed by atoms with Crippen molar-refractivity contribution in [2.45, 2.75) is 25.8 Å². The molecule has 0 atom stereocenters. The minimum Gasteiger partial charge on any atom is -0.481 e. The van der Waals surface area contributed by atoms with Crippen LogP contribution in [0.5, 0.6) is 0 Å². The number of rotatable bonds is 6. The van der Waals surface area contributed by atoms with Crippen molar-refractivity contribution in [2.75, 3.05) is 7.05 Å². The number of thiophene rings is 1. The van der Waals surface area contributed by atoms with E-state index in [-0.39, 0.29) is 19.3 Å². The van der Waals surface area contributed by atoms with Gasteiger partial charge in [0.25, 0.3) is 0 Å². The van der Waals surface area contributed by atoms with Crippen LogP contribution in [-0.4, -0.2) is 35.0 Å². The summed E-state index contributed by atoms with van der Waals surface area (Å²) in [6.45, 7) is 0.436. The van der Waals surface area contributed by atoms with E-state index in [4.69, 9.17) is 5.11 Å². The van der Waals surface area contributed by atoms with E-state index in [1.54, 1.807) is 7.05 Å². The Balaban J connectivity index is 2.29. The first-order valence-corrected chi connectivity index (χ1v) is 6.66. The Labute approximate surface area is 115 Å². The van der Waals surface area contributed by atoms with Crippen molar-refractivity contribution in [1.82, 2.24) is 10.2 Å². The first-order valence-electron chi connectivity index (χ1n) is 5.78. The van der Waals surface area contributed by atoms with Crippen LogP contribution in [0.1, 0.15) is 24.1 Å². The third-order valence-corrected chi connectivity index (χ3v) is 3.22. The highest BCUT2D eigenvalue weighted by Crippen LogP contribution is 2.10. The predicted octanol–water partition coefficient (Wildman–Crippen LogP) is 1.67. The number of carbonyl (C=O) groups excluding carboxylic acids is 2. The van der Waals surface area contributed by atoms with Gasteiger partial charge in [-0.1, -0.05) is 6.07 Å². The fourth-order valence-electron chi connectivity index (χ4n) is 1.39. The molecule has 1 aromatic rings. The number of aliphatic carboxylic acids is 1. The smallest absolute Gasteiger partial charge is 0.324 e. The number of carboxylic acids is 1. The fourth-order valence-corrected chi connectivity index (χ4v) is 2.14. The summed E-state index contributed by atoms with van der Waals surface area (Å²) in [6.07, 6.45) is 0.181. The normalized spacial score (nSPS) is 9.95. The molecule has 0 aliphatic heterocycles. The third-order valence-electron chi connectivity index (χ3n) is 2.36. The molecule has 0 aromatic carbocycles. The van der Waals surface area contributed by atoms with Gasteiger partial charge < -0.3 is 10.0 Å². The average molecular weight is 284 g/mol. The number of amides is 3. The molecular formula is C12H16N2O4S. The number of hydrogen-bond acceptors (Lipinski definition) is 4. The van der Waals surface area contributed by atoms with Crippen LogP contribution in [0.25, 0.3) is 0 Å². The average Bonchev–Trinajstić information content (AvgIpc) is 2.81. The molecule has 1 rings (SSSR count). The van der Waals surface area contributed by atoms with E-state index in [1.165, 1.54) is 16.2 Å². The highest BCUT2D eigenvalue weighted by atomic mass is 32.1. The van der Waals surface area contributed by atoms with Gasteiger partial charge in [-0.05, 0) is 17.9 Å². The summed E-state index contributed by atoms with van der Waals surface area (Å²) in [7, 11) is 1.60. The summed E-state index contributed by atoms with van der Waals surface area (Å²) in [4.78, 5) is 35.8. The van der Waals surface area contributed by atoms with Crippen LogP contribution in [0, 0.1) is 0 Å². The molecule has 2 N–H and O–H groups in total. The second kappa shape index (κ2) is 7.52. The molecule has 6 nitrogen and oxygen atoms in total. The summed E-state index contributed by atoms with van der Waals surface area (Å²) < 4.78 is 0. The van der Waals surface area contributed by atoms with Gasteiger partial charge in [0.2, 0.25) is 5.91 Å². The van der Waals surface area contributed by atoms with Gasteiger partial charge in [-0.3, -0.25) is 14.9 Å². The number of nitrogens with one attached hydrogen (secondary N) is 1. The Bertz CT molecular complexity index is 445. The summed E-state index contributed by atoms with van der Waals surface area (Å²) in [5.74, 6) is -1.40. The van der Waals surface area contributed by atoms with Gasteiger partial charge in [-0.25, -0.2) is 4.79 Å². The van der Waals surface area contributed by atoms with Gasteiger partial charge in [-0.15, -0.1) is 11.3 Å². The van der Waals surface area contributed by atoms with Gasteiger partial charge in [0.05, 0.1) is 6.54 Å². The molecule has 3 amide bonds. The zero-order chi connectivity index (χ0) is 14.3. The summed E-state index contributed by atoms with van der Waals surface area (Å²) in [6, 6.07) is 3.32. The lowest BCUT2D eigenvalue weighted by Gasteiger charge is -2.16. The highest BCUT2D eigenvalue weighted by Gasteiger charge is 2.13. The van der Waals surface area contributed by atoms with Gasteiger partial charge in [0.1, 0.15) is 0 Å². The molecule has 0 saturated carbocycles. The van der Waals surface area contributed by atoms with E-state index in [0.29, 0.717) is 6.54 Å². The van der Waals surface area contributed by atoms with E-state index in [0.717, 1.165) is 4.88 Å². The zero-order valence-electron chi connectivity index (χ0n) is 10.6. The topological polar surface area (TPSA) is 86.7 Å². The number of hydrogen-bond donors (Lipinski definition) is 2. The van der Waals surface area contributed by atoms with E-state index in [2.05, 4.69) is 5.32 Å². The largest absolute Gasteiger partial charge is 0.481 e. The molecule has 19 heavy (non-hydrogen) atoms. The maximum Gasteiger partial charge on any atom is 0.324 e. The third kappa shape index (κ3) is 6.01. The molecule has 0 bridgehead atoms. The van der Waals surface area contributed by atoms with Crippen LogP contribution in [0.15, 0.2) is 17.5 Å². The lowest BCUT2D eigenvalue weighted by Crippen LogP contribution is -2.40. The second-order valence-electron chi connectivity index (χ2n) is 4.04. The predicted molar refractivity (Wildman–Crippen MR) is 70.8 cm³/mol. The van der Waals surface area contributed by atoms with E-state index >= 15 is 0 Å². The highest BCUT2D eigenvalue weighted by molar-refractivity contribution is 7.09. The maximum absolute atomic E-state index is 11.7. The second-order valence-corrected chi connectivity index (χ2v) is 5.07. The molecule has 0 spiro atoms. The Hall–Kier alpha value is -1.89. The molecular weight excluding hydrogens is 268 g/mol. The molecule has 0 unspecified atom stereocenters. The van der Waals surface area contributed by atoms with Crippen molar-refractivity contribution in [1.29, 1.82) is 0 Å². The molecule has 0 aliphatic rings. The minimum absolute atomic E-state index is 0.0326. The van der Waals surface area contributed by atoms with Crippen LogP contribution in [0.2, 0.25) is 0 Å². The quantitative estimate of drug-likeness (QED) is 0.832. The van der Waals surface area contributed by atoms with Crippen molar-refractivity contribution < 1.29 is 19.5 Å². The minimum atomic E-state index is -0.950. The molecule has 104 valence electrons. The van der Waals surface area contributed by atoms with Crippen LogP contribution < -0.4 is 5.32 Å². The Morgan fingerprint density at radius 1 is 1.37 bits per heavy atom. The molecule has 0 fully saturated rings. The van der Waals surface area contributed by atoms with Gasteiger partial charge >= 0.3 is 12.0 Å². The summed E-state index contributed by atoms with van der Waals surface area (Å²) in [5.41, 5.74) is 0. The summed E-state index contributed by atoms with van der Waals surface area (Å²) in [5, 5.41) is 12.6. The monoisotopic (exact) mass is 284 g/mol. The number of imide groups is 1. The maximum atomic E-state index is 11.7. The van der Waals surface area contributed by atoms with Crippen molar-refractivity contribution in [3.63, 3.8) is 0 Å². The molecule has 7 heteroatoms. The Kier molecular flexibility index (Phi) is 6.01. The van der Waals surface area contributed by atoms with Crippen molar-refractivity contribution in [2.24, 2.45) is 0 Å². The van der Waals surface area contributed by atoms with Crippen molar-refractivity contribution >= 4 is 29.2 Å². The van der Waals surface area contributed by atoms with Gasteiger partial charge in [-0.2, -0.15) is 0 Å². The lowest BCUT2D eigenvalue weighted by atomic mass is 10.2. The number of carboxylic acid groups (broad SMARTS) is 1. The number of urea groups is 1. The van der Waals surface area contributed by atoms with Gasteiger partial charge in [0.15, 0.2) is 0 Å². The Morgan fingerprint density at radius 3 is 2.68 bits per heavy atom. The first-order chi connectivity index (χ1) is 8.99. The van der Waals surface area contributed by atoms with Crippen LogP contribution in [0.4, 0.5) is 4.79 Å². The molecule has 1 aromatic heterocycles. The van der Waals surface area contributed by atoms with Crippen LogP contribution >= 0.6 is 11.3 Å². The SMILES string of the molecule is CN(Cc1cccs1)C(=O)NC(=O)CCCC(=O)O. The molecule has 0 radical (unpaired) electrons. The molecule has 1 heterocycles. The summed E-state index contributed by atoms with van der Waals surface area (Å²) >= 11 is 1.53. The lowest BCUT2D eigenvalue weighted by molar-refractivity contribution is -0.137. The molecule has 0 aliphatic carbocycles. The first kappa shape index (κ1) is 15.2. The molecule has 0 saturated heterocycles. The van der Waals surface area contributed by atoms with E-state index in [1.807, 2.05) is 17.5 Å². The standard InChI is InChI=1S/C12H16N2O4S/c1-14(8-9-4-3-7-19-9)12(18)13-10(15)5-2-6-11(16)17/h3-4,7H,2,5-6,8H2,1H3,(H,16,17)(H,13,15,18). The number of carbonyl (C=O) groups is 3. The van der Waals surface area contributed by atoms with E-state index < -0.39 is 17.9 Å². The fraction of sp³-hybridized carbons (Fsp3) is 0.417. The van der Waals surface area contributed by atoms with Crippen molar-refractivity contribution in [3.8, 4) is 0 Å². The van der Waals surface area contributed by atoms with Crippen molar-refractivity contribution in [3.05, 3.63) is 22.4 Å². The number of nitrogens with zero attached hydrogens (tertiary/aromatic N) is 1. The van der Waals surface area contributed by atoms with E-state index in [9.17, 15) is 14.4 Å². The van der Waals surface area contributed by atoms with Gasteiger partial charge in [0, 0.05) is 24.8 Å². The Morgan fingerprint density at radius 2 is 2.11 bits per heavy atom. The van der Waals surface area contributed by atoms with Crippen LogP contribution in [-0.2, 0) is 16.1 Å². The zero-order valence-corrected chi connectivity index (χ0v) is 11.4.